The highest BCUT2D eigenvalue weighted by molar-refractivity contribution is 5.75. The van der Waals surface area contributed by atoms with Gasteiger partial charge >= 0.3 is 12.0 Å². The van der Waals surface area contributed by atoms with E-state index < -0.39 is 11.5 Å². The Bertz CT molecular complexity index is 292. The van der Waals surface area contributed by atoms with Crippen LogP contribution in [0.2, 0.25) is 0 Å². The van der Waals surface area contributed by atoms with Gasteiger partial charge in [0.2, 0.25) is 0 Å². The zero-order valence-corrected chi connectivity index (χ0v) is 12.1. The fourth-order valence-electron chi connectivity index (χ4n) is 1.64. The monoisotopic (exact) mass is 274 g/mol. The van der Waals surface area contributed by atoms with Crippen molar-refractivity contribution in [1.82, 2.24) is 10.2 Å². The Labute approximate surface area is 114 Å². The van der Waals surface area contributed by atoms with Gasteiger partial charge in [0.15, 0.2) is 0 Å². The van der Waals surface area contributed by atoms with Crippen molar-refractivity contribution in [1.29, 1.82) is 0 Å². The quantitative estimate of drug-likeness (QED) is 0.593. The van der Waals surface area contributed by atoms with Crippen LogP contribution in [-0.2, 0) is 4.79 Å². The van der Waals surface area contributed by atoms with Gasteiger partial charge in [0, 0.05) is 25.0 Å². The van der Waals surface area contributed by atoms with Gasteiger partial charge < -0.3 is 20.4 Å². The molecule has 0 aromatic carbocycles. The highest BCUT2D eigenvalue weighted by Gasteiger charge is 2.24. The summed E-state index contributed by atoms with van der Waals surface area (Å²) in [5.41, 5.74) is -0.574. The van der Waals surface area contributed by atoms with Gasteiger partial charge in [0.25, 0.3) is 0 Å². The molecular weight excluding hydrogens is 248 g/mol. The molecule has 112 valence electrons. The summed E-state index contributed by atoms with van der Waals surface area (Å²) in [6.07, 6.45) is 2.23. The number of nitrogens with zero attached hydrogens (tertiary/aromatic N) is 1. The number of nitrogens with one attached hydrogen (secondary N) is 1. The van der Waals surface area contributed by atoms with Gasteiger partial charge in [-0.25, -0.2) is 4.79 Å². The minimum absolute atomic E-state index is 0.0161. The Balaban J connectivity index is 4.38. The number of aliphatic carboxylic acids is 1. The SMILES string of the molecule is CCCCN(CCO)C(=O)NC(C)(C)CCC(=O)O. The van der Waals surface area contributed by atoms with Gasteiger partial charge in [-0.1, -0.05) is 13.3 Å². The predicted molar refractivity (Wildman–Crippen MR) is 73.0 cm³/mol. The normalized spacial score (nSPS) is 11.2. The van der Waals surface area contributed by atoms with E-state index in [9.17, 15) is 9.59 Å². The summed E-state index contributed by atoms with van der Waals surface area (Å²) in [5, 5.41) is 20.4. The third-order valence-corrected chi connectivity index (χ3v) is 2.85. The summed E-state index contributed by atoms with van der Waals surface area (Å²) in [5.74, 6) is -0.875. The van der Waals surface area contributed by atoms with Crippen molar-refractivity contribution in [2.75, 3.05) is 19.7 Å². The van der Waals surface area contributed by atoms with E-state index in [1.807, 2.05) is 6.92 Å². The fraction of sp³-hybridized carbons (Fsp3) is 0.846. The number of rotatable bonds is 9. The Morgan fingerprint density at radius 2 is 1.89 bits per heavy atom. The number of hydrogen-bond donors (Lipinski definition) is 3. The number of carbonyl (C=O) groups excluding carboxylic acids is 1. The molecule has 0 aliphatic carbocycles. The van der Waals surface area contributed by atoms with Crippen molar-refractivity contribution in [3.63, 3.8) is 0 Å². The highest BCUT2D eigenvalue weighted by Crippen LogP contribution is 2.12. The second kappa shape index (κ2) is 8.74. The lowest BCUT2D eigenvalue weighted by Gasteiger charge is -2.30. The van der Waals surface area contributed by atoms with E-state index in [0.717, 1.165) is 12.8 Å². The van der Waals surface area contributed by atoms with Crippen LogP contribution in [0.5, 0.6) is 0 Å². The zero-order chi connectivity index (χ0) is 14.9. The van der Waals surface area contributed by atoms with E-state index in [1.165, 1.54) is 0 Å². The number of carbonyl (C=O) groups is 2. The topological polar surface area (TPSA) is 89.9 Å². The molecule has 0 radical (unpaired) electrons. The maximum Gasteiger partial charge on any atom is 0.317 e. The summed E-state index contributed by atoms with van der Waals surface area (Å²) in [4.78, 5) is 24.2. The van der Waals surface area contributed by atoms with Crippen LogP contribution in [0.1, 0.15) is 46.5 Å². The Kier molecular flexibility index (Phi) is 8.14. The van der Waals surface area contributed by atoms with Crippen LogP contribution in [0.25, 0.3) is 0 Å². The molecule has 3 N–H and O–H groups in total. The molecule has 2 amide bonds. The predicted octanol–water partition coefficient (Wildman–Crippen LogP) is 1.43. The average molecular weight is 274 g/mol. The van der Waals surface area contributed by atoms with Crippen LogP contribution in [-0.4, -0.2) is 52.3 Å². The number of aliphatic hydroxyl groups excluding tert-OH is 1. The number of aliphatic hydroxyl groups is 1. The molecule has 0 unspecified atom stereocenters. The van der Waals surface area contributed by atoms with Crippen LogP contribution < -0.4 is 5.32 Å². The maximum atomic E-state index is 12.1. The molecular formula is C13H26N2O4. The van der Waals surface area contributed by atoms with Crippen molar-refractivity contribution in [3.05, 3.63) is 0 Å². The Morgan fingerprint density at radius 3 is 2.37 bits per heavy atom. The second-order valence-corrected chi connectivity index (χ2v) is 5.27. The second-order valence-electron chi connectivity index (χ2n) is 5.27. The van der Waals surface area contributed by atoms with Crippen LogP contribution in [0.4, 0.5) is 4.79 Å². The van der Waals surface area contributed by atoms with E-state index in [4.69, 9.17) is 10.2 Å². The van der Waals surface area contributed by atoms with E-state index >= 15 is 0 Å². The van der Waals surface area contributed by atoms with Crippen LogP contribution >= 0.6 is 0 Å². The standard InChI is InChI=1S/C13H26N2O4/c1-4-5-8-15(9-10-16)12(19)14-13(2,3)7-6-11(17)18/h16H,4-10H2,1-3H3,(H,14,19)(H,17,18). The van der Waals surface area contributed by atoms with E-state index in [0.29, 0.717) is 19.5 Å². The zero-order valence-electron chi connectivity index (χ0n) is 12.1. The first kappa shape index (κ1) is 17.7. The molecule has 0 aliphatic rings. The fourth-order valence-corrected chi connectivity index (χ4v) is 1.64. The minimum atomic E-state index is -0.875. The molecule has 19 heavy (non-hydrogen) atoms. The van der Waals surface area contributed by atoms with Crippen LogP contribution in [0, 0.1) is 0 Å². The average Bonchev–Trinajstić information content (AvgIpc) is 2.31. The molecule has 0 rings (SSSR count). The lowest BCUT2D eigenvalue weighted by Crippen LogP contribution is -2.51. The van der Waals surface area contributed by atoms with Crippen molar-refractivity contribution in [3.8, 4) is 0 Å². The summed E-state index contributed by atoms with van der Waals surface area (Å²) >= 11 is 0. The Morgan fingerprint density at radius 1 is 1.26 bits per heavy atom. The molecule has 0 spiro atoms. The van der Waals surface area contributed by atoms with E-state index in [-0.39, 0.29) is 19.1 Å². The number of carboxylic acids is 1. The first-order valence-electron chi connectivity index (χ1n) is 6.72. The van der Waals surface area contributed by atoms with E-state index in [1.54, 1.807) is 18.7 Å². The highest BCUT2D eigenvalue weighted by atomic mass is 16.4. The first-order valence-corrected chi connectivity index (χ1v) is 6.72. The van der Waals surface area contributed by atoms with Crippen molar-refractivity contribution >= 4 is 12.0 Å². The molecule has 0 atom stereocenters. The third kappa shape index (κ3) is 8.42. The van der Waals surface area contributed by atoms with Gasteiger partial charge in [-0.2, -0.15) is 0 Å². The summed E-state index contributed by atoms with van der Waals surface area (Å²) < 4.78 is 0. The lowest BCUT2D eigenvalue weighted by molar-refractivity contribution is -0.137. The van der Waals surface area contributed by atoms with Gasteiger partial charge in [-0.05, 0) is 26.7 Å². The Hall–Kier alpha value is -1.30. The number of unbranched alkanes of at least 4 members (excludes halogenated alkanes) is 1. The largest absolute Gasteiger partial charge is 0.481 e. The molecule has 0 aromatic heterocycles. The van der Waals surface area contributed by atoms with Gasteiger partial charge in [0.05, 0.1) is 6.61 Å². The summed E-state index contributed by atoms with van der Waals surface area (Å²) in [7, 11) is 0. The molecule has 6 heteroatoms. The van der Waals surface area contributed by atoms with Gasteiger partial charge in [0.1, 0.15) is 0 Å². The number of amides is 2. The molecule has 0 bridgehead atoms. The first-order chi connectivity index (χ1) is 8.82. The minimum Gasteiger partial charge on any atom is -0.481 e. The van der Waals surface area contributed by atoms with Crippen molar-refractivity contribution in [2.24, 2.45) is 0 Å². The van der Waals surface area contributed by atoms with Crippen LogP contribution in [0.15, 0.2) is 0 Å². The van der Waals surface area contributed by atoms with Crippen molar-refractivity contribution in [2.45, 2.75) is 52.0 Å². The number of urea groups is 1. The van der Waals surface area contributed by atoms with Gasteiger partial charge in [-0.15, -0.1) is 0 Å². The molecule has 0 heterocycles. The lowest BCUT2D eigenvalue weighted by atomic mass is 9.99. The third-order valence-electron chi connectivity index (χ3n) is 2.85. The maximum absolute atomic E-state index is 12.1. The molecule has 6 nitrogen and oxygen atoms in total. The molecule has 0 aromatic rings. The number of carboxylic acid groups (broad SMARTS) is 1. The van der Waals surface area contributed by atoms with Crippen LogP contribution in [0.3, 0.4) is 0 Å². The molecule has 0 aliphatic heterocycles. The smallest absolute Gasteiger partial charge is 0.317 e. The number of hydrogen-bond acceptors (Lipinski definition) is 3. The van der Waals surface area contributed by atoms with E-state index in [2.05, 4.69) is 5.32 Å². The molecule has 0 saturated carbocycles. The summed E-state index contributed by atoms with van der Waals surface area (Å²) in [6, 6.07) is -0.252. The molecule has 0 saturated heterocycles. The van der Waals surface area contributed by atoms with Crippen molar-refractivity contribution < 1.29 is 19.8 Å². The summed E-state index contributed by atoms with van der Waals surface area (Å²) in [6.45, 7) is 6.44. The van der Waals surface area contributed by atoms with Gasteiger partial charge in [-0.3, -0.25) is 4.79 Å². The molecule has 0 fully saturated rings.